The molecule has 0 bridgehead atoms. The van der Waals surface area contributed by atoms with Gasteiger partial charge in [-0.15, -0.1) is 0 Å². The third-order valence-electron chi connectivity index (χ3n) is 1.62. The van der Waals surface area contributed by atoms with E-state index in [1.165, 1.54) is 4.90 Å². The van der Waals surface area contributed by atoms with Crippen molar-refractivity contribution in [2.24, 2.45) is 0 Å². The van der Waals surface area contributed by atoms with Crippen molar-refractivity contribution >= 4 is 11.9 Å². The molecule has 76 valence electrons. The minimum Gasteiger partial charge on any atom is -0.481 e. The number of aliphatic hydroxyl groups excluding tert-OH is 1. The Balaban J connectivity index is 3.91. The van der Waals surface area contributed by atoms with Crippen molar-refractivity contribution in [1.29, 1.82) is 0 Å². The minimum atomic E-state index is -1.12. The van der Waals surface area contributed by atoms with Crippen molar-refractivity contribution in [3.05, 3.63) is 0 Å². The number of rotatable bonds is 6. The van der Waals surface area contributed by atoms with E-state index in [4.69, 9.17) is 10.2 Å². The highest BCUT2D eigenvalue weighted by Gasteiger charge is 2.14. The lowest BCUT2D eigenvalue weighted by Gasteiger charge is -2.19. The molecule has 0 unspecified atom stereocenters. The standard InChI is InChI=1S/C8H15NO4/c1-2-9(4-3-5-10)7(11)6-8(12)13/h10H,2-6H2,1H3,(H,12,13). The van der Waals surface area contributed by atoms with Gasteiger partial charge in [-0.1, -0.05) is 0 Å². The van der Waals surface area contributed by atoms with Crippen molar-refractivity contribution in [3.8, 4) is 0 Å². The van der Waals surface area contributed by atoms with Crippen LogP contribution in [0.5, 0.6) is 0 Å². The highest BCUT2D eigenvalue weighted by molar-refractivity contribution is 5.93. The molecular weight excluding hydrogens is 174 g/mol. The molecule has 0 aliphatic rings. The van der Waals surface area contributed by atoms with E-state index in [-0.39, 0.29) is 6.61 Å². The molecule has 0 aromatic carbocycles. The van der Waals surface area contributed by atoms with E-state index < -0.39 is 18.3 Å². The molecule has 0 aromatic heterocycles. The summed E-state index contributed by atoms with van der Waals surface area (Å²) in [4.78, 5) is 22.8. The van der Waals surface area contributed by atoms with E-state index in [1.54, 1.807) is 6.92 Å². The van der Waals surface area contributed by atoms with Crippen LogP contribution in [0.15, 0.2) is 0 Å². The van der Waals surface area contributed by atoms with Gasteiger partial charge in [-0.2, -0.15) is 0 Å². The number of hydrogen-bond donors (Lipinski definition) is 2. The smallest absolute Gasteiger partial charge is 0.312 e. The van der Waals surface area contributed by atoms with Crippen LogP contribution in [0.4, 0.5) is 0 Å². The van der Waals surface area contributed by atoms with E-state index in [0.717, 1.165) is 0 Å². The number of aliphatic hydroxyl groups is 1. The molecule has 0 rings (SSSR count). The van der Waals surface area contributed by atoms with Gasteiger partial charge in [0.1, 0.15) is 6.42 Å². The normalized spacial score (nSPS) is 9.69. The zero-order valence-electron chi connectivity index (χ0n) is 7.69. The molecule has 0 aliphatic carbocycles. The van der Waals surface area contributed by atoms with Crippen LogP contribution in [0.2, 0.25) is 0 Å². The predicted octanol–water partition coefficient (Wildman–Crippen LogP) is -0.308. The Labute approximate surface area is 77.0 Å². The Morgan fingerprint density at radius 3 is 2.38 bits per heavy atom. The molecule has 5 heteroatoms. The maximum atomic E-state index is 11.2. The van der Waals surface area contributed by atoms with Crippen LogP contribution in [0.3, 0.4) is 0 Å². The Bertz CT molecular complexity index is 181. The molecular formula is C8H15NO4. The molecule has 1 amide bonds. The predicted molar refractivity (Wildman–Crippen MR) is 46.2 cm³/mol. The van der Waals surface area contributed by atoms with Gasteiger partial charge in [0, 0.05) is 19.7 Å². The molecule has 0 saturated carbocycles. The van der Waals surface area contributed by atoms with Crippen molar-refractivity contribution < 1.29 is 19.8 Å². The van der Waals surface area contributed by atoms with Gasteiger partial charge in [0.2, 0.25) is 5.91 Å². The number of nitrogens with zero attached hydrogens (tertiary/aromatic N) is 1. The summed E-state index contributed by atoms with van der Waals surface area (Å²) in [7, 11) is 0. The molecule has 2 N–H and O–H groups in total. The van der Waals surface area contributed by atoms with Crippen molar-refractivity contribution in [3.63, 3.8) is 0 Å². The second-order valence-electron chi connectivity index (χ2n) is 2.62. The van der Waals surface area contributed by atoms with Crippen LogP contribution >= 0.6 is 0 Å². The first-order valence-corrected chi connectivity index (χ1v) is 4.22. The molecule has 5 nitrogen and oxygen atoms in total. The second-order valence-corrected chi connectivity index (χ2v) is 2.62. The lowest BCUT2D eigenvalue weighted by Crippen LogP contribution is -2.33. The van der Waals surface area contributed by atoms with Gasteiger partial charge in [0.05, 0.1) is 0 Å². The number of hydrogen-bond acceptors (Lipinski definition) is 3. The third kappa shape index (κ3) is 5.19. The van der Waals surface area contributed by atoms with Gasteiger partial charge >= 0.3 is 5.97 Å². The van der Waals surface area contributed by atoms with E-state index in [2.05, 4.69) is 0 Å². The fraction of sp³-hybridized carbons (Fsp3) is 0.750. The minimum absolute atomic E-state index is 0.0108. The molecule has 0 aliphatic heterocycles. The molecule has 0 saturated heterocycles. The van der Waals surface area contributed by atoms with E-state index in [0.29, 0.717) is 19.5 Å². The van der Waals surface area contributed by atoms with Crippen LogP contribution in [-0.4, -0.2) is 46.7 Å². The van der Waals surface area contributed by atoms with Crippen LogP contribution in [0, 0.1) is 0 Å². The maximum absolute atomic E-state index is 11.2. The summed E-state index contributed by atoms with van der Waals surface area (Å²) in [6, 6.07) is 0. The fourth-order valence-corrected chi connectivity index (χ4v) is 0.962. The van der Waals surface area contributed by atoms with Crippen molar-refractivity contribution in [1.82, 2.24) is 4.90 Å². The Kier molecular flexibility index (Phi) is 5.88. The quantitative estimate of drug-likeness (QED) is 0.562. The van der Waals surface area contributed by atoms with Crippen molar-refractivity contribution in [2.45, 2.75) is 19.8 Å². The summed E-state index contributed by atoms with van der Waals surface area (Å²) in [5.74, 6) is -1.52. The average Bonchev–Trinajstić information content (AvgIpc) is 2.04. The Morgan fingerprint density at radius 2 is 2.00 bits per heavy atom. The number of aliphatic carboxylic acids is 1. The average molecular weight is 189 g/mol. The van der Waals surface area contributed by atoms with Gasteiger partial charge in [-0.3, -0.25) is 9.59 Å². The maximum Gasteiger partial charge on any atom is 0.312 e. The third-order valence-corrected chi connectivity index (χ3v) is 1.62. The van der Waals surface area contributed by atoms with Crippen LogP contribution in [-0.2, 0) is 9.59 Å². The fourth-order valence-electron chi connectivity index (χ4n) is 0.962. The first-order valence-electron chi connectivity index (χ1n) is 4.22. The van der Waals surface area contributed by atoms with Gasteiger partial charge in [-0.05, 0) is 13.3 Å². The first kappa shape index (κ1) is 11.9. The molecule has 0 atom stereocenters. The largest absolute Gasteiger partial charge is 0.481 e. The van der Waals surface area contributed by atoms with Gasteiger partial charge < -0.3 is 15.1 Å². The highest BCUT2D eigenvalue weighted by Crippen LogP contribution is 1.96. The summed E-state index contributed by atoms with van der Waals surface area (Å²) >= 11 is 0. The van der Waals surface area contributed by atoms with Gasteiger partial charge in [-0.25, -0.2) is 0 Å². The molecule has 13 heavy (non-hydrogen) atoms. The Morgan fingerprint density at radius 1 is 1.38 bits per heavy atom. The summed E-state index contributed by atoms with van der Waals surface area (Å²) in [6.07, 6.45) is 0.0124. The number of carboxylic acids is 1. The molecule has 0 radical (unpaired) electrons. The summed E-state index contributed by atoms with van der Waals surface area (Å²) in [5.41, 5.74) is 0. The molecule has 0 fully saturated rings. The first-order chi connectivity index (χ1) is 6.11. The zero-order chi connectivity index (χ0) is 10.3. The van der Waals surface area contributed by atoms with E-state index in [9.17, 15) is 9.59 Å². The SMILES string of the molecule is CCN(CCCO)C(=O)CC(=O)O. The van der Waals surface area contributed by atoms with Gasteiger partial charge in [0.25, 0.3) is 0 Å². The number of carbonyl (C=O) groups excluding carboxylic acids is 1. The highest BCUT2D eigenvalue weighted by atomic mass is 16.4. The van der Waals surface area contributed by atoms with E-state index >= 15 is 0 Å². The van der Waals surface area contributed by atoms with Crippen molar-refractivity contribution in [2.75, 3.05) is 19.7 Å². The second kappa shape index (κ2) is 6.42. The van der Waals surface area contributed by atoms with Crippen LogP contribution in [0.25, 0.3) is 0 Å². The van der Waals surface area contributed by atoms with Crippen LogP contribution < -0.4 is 0 Å². The number of carbonyl (C=O) groups is 2. The molecule has 0 aromatic rings. The Hall–Kier alpha value is -1.10. The molecule has 0 heterocycles. The zero-order valence-corrected chi connectivity index (χ0v) is 7.69. The van der Waals surface area contributed by atoms with E-state index in [1.807, 2.05) is 0 Å². The monoisotopic (exact) mass is 189 g/mol. The lowest BCUT2D eigenvalue weighted by atomic mass is 10.3. The molecule has 0 spiro atoms. The van der Waals surface area contributed by atoms with Crippen LogP contribution in [0.1, 0.15) is 19.8 Å². The summed E-state index contributed by atoms with van der Waals surface area (Å²) in [5, 5.41) is 16.9. The summed E-state index contributed by atoms with van der Waals surface area (Å²) < 4.78 is 0. The summed E-state index contributed by atoms with van der Waals surface area (Å²) in [6.45, 7) is 2.68. The number of carboxylic acid groups (broad SMARTS) is 1. The van der Waals surface area contributed by atoms with Gasteiger partial charge in [0.15, 0.2) is 0 Å². The topological polar surface area (TPSA) is 77.8 Å². The lowest BCUT2D eigenvalue weighted by molar-refractivity contribution is -0.144. The number of amides is 1.